The molecule has 106 valence electrons. The first-order valence-corrected chi connectivity index (χ1v) is 5.47. The third-order valence-corrected chi connectivity index (χ3v) is 2.54. The number of amides is 1. The second-order valence-electron chi connectivity index (χ2n) is 3.85. The third-order valence-electron chi connectivity index (χ3n) is 2.54. The van der Waals surface area contributed by atoms with Crippen molar-refractivity contribution in [3.05, 3.63) is 41.7 Å². The van der Waals surface area contributed by atoms with Gasteiger partial charge in [-0.25, -0.2) is 0 Å². The predicted molar refractivity (Wildman–Crippen MR) is 64.5 cm³/mol. The number of carbonyl (C=O) groups is 1. The molecule has 0 atom stereocenters. The highest BCUT2D eigenvalue weighted by molar-refractivity contribution is 6.04. The SMILES string of the molecule is COc1ccc(NC(=O)c2cn[nH]c2)c(C(F)(F)F)c1. The van der Waals surface area contributed by atoms with Crippen molar-refractivity contribution in [2.75, 3.05) is 12.4 Å². The normalized spacial score (nSPS) is 11.2. The number of H-pyrrole nitrogens is 1. The van der Waals surface area contributed by atoms with Crippen LogP contribution in [0.3, 0.4) is 0 Å². The Hall–Kier alpha value is -2.51. The molecule has 0 aliphatic heterocycles. The van der Waals surface area contributed by atoms with Gasteiger partial charge in [0.2, 0.25) is 0 Å². The van der Waals surface area contributed by atoms with Gasteiger partial charge < -0.3 is 10.1 Å². The zero-order valence-corrected chi connectivity index (χ0v) is 10.3. The van der Waals surface area contributed by atoms with Gasteiger partial charge >= 0.3 is 6.18 Å². The minimum absolute atomic E-state index is 0.0543. The van der Waals surface area contributed by atoms with Gasteiger partial charge in [-0.05, 0) is 18.2 Å². The topological polar surface area (TPSA) is 67.0 Å². The smallest absolute Gasteiger partial charge is 0.418 e. The average Bonchev–Trinajstić information content (AvgIpc) is 2.91. The van der Waals surface area contributed by atoms with E-state index < -0.39 is 17.6 Å². The molecule has 0 saturated carbocycles. The van der Waals surface area contributed by atoms with E-state index in [1.165, 1.54) is 25.6 Å². The molecule has 2 rings (SSSR count). The maximum absolute atomic E-state index is 12.9. The lowest BCUT2D eigenvalue weighted by atomic mass is 10.1. The number of nitrogens with one attached hydrogen (secondary N) is 2. The summed E-state index contributed by atoms with van der Waals surface area (Å²) in [7, 11) is 1.26. The first kappa shape index (κ1) is 13.9. The van der Waals surface area contributed by atoms with Crippen LogP contribution >= 0.6 is 0 Å². The molecule has 1 heterocycles. The first-order chi connectivity index (χ1) is 9.41. The third kappa shape index (κ3) is 2.90. The van der Waals surface area contributed by atoms with Gasteiger partial charge in [-0.2, -0.15) is 18.3 Å². The van der Waals surface area contributed by atoms with Crippen molar-refractivity contribution in [1.29, 1.82) is 0 Å². The molecule has 0 bridgehead atoms. The van der Waals surface area contributed by atoms with Crippen molar-refractivity contribution >= 4 is 11.6 Å². The van der Waals surface area contributed by atoms with E-state index >= 15 is 0 Å². The van der Waals surface area contributed by atoms with Crippen molar-refractivity contribution in [3.63, 3.8) is 0 Å². The second-order valence-corrected chi connectivity index (χ2v) is 3.85. The van der Waals surface area contributed by atoms with Crippen LogP contribution in [0.1, 0.15) is 15.9 Å². The number of alkyl halides is 3. The maximum Gasteiger partial charge on any atom is 0.418 e. The lowest BCUT2D eigenvalue weighted by Gasteiger charge is -2.14. The van der Waals surface area contributed by atoms with Gasteiger partial charge in [0, 0.05) is 6.20 Å². The molecule has 8 heteroatoms. The molecular weight excluding hydrogens is 275 g/mol. The Bertz CT molecular complexity index is 609. The largest absolute Gasteiger partial charge is 0.497 e. The molecular formula is C12H10F3N3O2. The molecule has 0 fully saturated rings. The van der Waals surface area contributed by atoms with Crippen LogP contribution < -0.4 is 10.1 Å². The fraction of sp³-hybridized carbons (Fsp3) is 0.167. The second kappa shape index (κ2) is 5.24. The molecule has 0 aliphatic carbocycles. The van der Waals surface area contributed by atoms with E-state index in [1.807, 2.05) is 0 Å². The molecule has 0 saturated heterocycles. The molecule has 1 aromatic heterocycles. The molecule has 1 aromatic carbocycles. The summed E-state index contributed by atoms with van der Waals surface area (Å²) in [6, 6.07) is 3.30. The molecule has 0 radical (unpaired) electrons. The maximum atomic E-state index is 12.9. The lowest BCUT2D eigenvalue weighted by Crippen LogP contribution is -2.16. The number of anilines is 1. The van der Waals surface area contributed by atoms with Gasteiger partial charge in [-0.15, -0.1) is 0 Å². The van der Waals surface area contributed by atoms with Gasteiger partial charge in [0.15, 0.2) is 0 Å². The van der Waals surface area contributed by atoms with E-state index in [1.54, 1.807) is 0 Å². The summed E-state index contributed by atoms with van der Waals surface area (Å²) in [5.41, 5.74) is -1.19. The highest BCUT2D eigenvalue weighted by Crippen LogP contribution is 2.37. The van der Waals surface area contributed by atoms with E-state index in [0.29, 0.717) is 0 Å². The number of carbonyl (C=O) groups excluding carboxylic acids is 1. The highest BCUT2D eigenvalue weighted by atomic mass is 19.4. The number of ether oxygens (including phenoxy) is 1. The molecule has 20 heavy (non-hydrogen) atoms. The van der Waals surface area contributed by atoms with Crippen LogP contribution in [0.15, 0.2) is 30.6 Å². The molecule has 0 aliphatic rings. The van der Waals surface area contributed by atoms with Gasteiger partial charge in [-0.1, -0.05) is 0 Å². The molecule has 5 nitrogen and oxygen atoms in total. The summed E-state index contributed by atoms with van der Waals surface area (Å²) in [5.74, 6) is -0.631. The number of halogens is 3. The standard InChI is InChI=1S/C12H10F3N3O2/c1-20-8-2-3-10(9(4-8)12(13,14)15)18-11(19)7-5-16-17-6-7/h2-6H,1H3,(H,16,17)(H,18,19). The predicted octanol–water partition coefficient (Wildman–Crippen LogP) is 2.69. The van der Waals surface area contributed by atoms with Crippen LogP contribution in [0.25, 0.3) is 0 Å². The summed E-state index contributed by atoms with van der Waals surface area (Å²) >= 11 is 0. The number of methoxy groups -OCH3 is 1. The Balaban J connectivity index is 2.34. The number of nitrogens with zero attached hydrogens (tertiary/aromatic N) is 1. The Morgan fingerprint density at radius 2 is 2.15 bits per heavy atom. The van der Waals surface area contributed by atoms with Crippen LogP contribution in [-0.4, -0.2) is 23.2 Å². The molecule has 2 N–H and O–H groups in total. The summed E-state index contributed by atoms with van der Waals surface area (Å²) in [4.78, 5) is 11.7. The molecule has 2 aromatic rings. The summed E-state index contributed by atoms with van der Waals surface area (Å²) in [5, 5.41) is 8.16. The number of aromatic nitrogens is 2. The average molecular weight is 285 g/mol. The fourth-order valence-corrected chi connectivity index (χ4v) is 1.56. The van der Waals surface area contributed by atoms with Gasteiger partial charge in [0.05, 0.1) is 30.1 Å². The Labute approximate surface area is 111 Å². The van der Waals surface area contributed by atoms with E-state index in [2.05, 4.69) is 15.5 Å². The zero-order chi connectivity index (χ0) is 14.8. The van der Waals surface area contributed by atoms with Crippen molar-refractivity contribution in [1.82, 2.24) is 10.2 Å². The summed E-state index contributed by atoms with van der Waals surface area (Å²) in [6.45, 7) is 0. The van der Waals surface area contributed by atoms with Crippen LogP contribution in [0.2, 0.25) is 0 Å². The van der Waals surface area contributed by atoms with Crippen molar-refractivity contribution in [3.8, 4) is 5.75 Å². The van der Waals surface area contributed by atoms with E-state index in [9.17, 15) is 18.0 Å². The molecule has 0 spiro atoms. The minimum Gasteiger partial charge on any atom is -0.497 e. The Morgan fingerprint density at radius 1 is 1.40 bits per heavy atom. The van der Waals surface area contributed by atoms with Crippen molar-refractivity contribution < 1.29 is 22.7 Å². The number of aromatic amines is 1. The van der Waals surface area contributed by atoms with Crippen LogP contribution in [0.4, 0.5) is 18.9 Å². The van der Waals surface area contributed by atoms with Crippen molar-refractivity contribution in [2.45, 2.75) is 6.18 Å². The Morgan fingerprint density at radius 3 is 2.70 bits per heavy atom. The monoisotopic (exact) mass is 285 g/mol. The van der Waals surface area contributed by atoms with E-state index in [4.69, 9.17) is 4.74 Å². The number of benzene rings is 1. The number of hydrogen-bond acceptors (Lipinski definition) is 3. The highest BCUT2D eigenvalue weighted by Gasteiger charge is 2.34. The Kier molecular flexibility index (Phi) is 3.64. The van der Waals surface area contributed by atoms with Gasteiger partial charge in [0.25, 0.3) is 5.91 Å². The summed E-state index contributed by atoms with van der Waals surface area (Å²) < 4.78 is 43.6. The first-order valence-electron chi connectivity index (χ1n) is 5.47. The quantitative estimate of drug-likeness (QED) is 0.911. The van der Waals surface area contributed by atoms with E-state index in [0.717, 1.165) is 12.1 Å². The van der Waals surface area contributed by atoms with Crippen LogP contribution in [0, 0.1) is 0 Å². The van der Waals surface area contributed by atoms with Crippen LogP contribution in [0.5, 0.6) is 5.75 Å². The number of hydrogen-bond donors (Lipinski definition) is 2. The van der Waals surface area contributed by atoms with E-state index in [-0.39, 0.29) is 17.0 Å². The number of rotatable bonds is 3. The fourth-order valence-electron chi connectivity index (χ4n) is 1.56. The van der Waals surface area contributed by atoms with Gasteiger partial charge in [0.1, 0.15) is 5.75 Å². The summed E-state index contributed by atoms with van der Waals surface area (Å²) in [6.07, 6.45) is -2.11. The van der Waals surface area contributed by atoms with Crippen molar-refractivity contribution in [2.24, 2.45) is 0 Å². The lowest BCUT2D eigenvalue weighted by molar-refractivity contribution is -0.137. The zero-order valence-electron chi connectivity index (χ0n) is 10.3. The van der Waals surface area contributed by atoms with Crippen LogP contribution in [-0.2, 0) is 6.18 Å². The van der Waals surface area contributed by atoms with Gasteiger partial charge in [-0.3, -0.25) is 9.89 Å². The minimum atomic E-state index is -4.60. The molecule has 1 amide bonds. The molecule has 0 unspecified atom stereocenters.